The van der Waals surface area contributed by atoms with Crippen LogP contribution in [0.1, 0.15) is 118 Å². The molecular formula is C34H59N3. The van der Waals surface area contributed by atoms with E-state index in [1.165, 1.54) is 102 Å². The van der Waals surface area contributed by atoms with E-state index in [0.717, 1.165) is 11.8 Å². The highest BCUT2D eigenvalue weighted by atomic mass is 15.2. The first-order chi connectivity index (χ1) is 17.5. The Morgan fingerprint density at radius 1 is 0.703 bits per heavy atom. The van der Waals surface area contributed by atoms with Gasteiger partial charge in [0.05, 0.1) is 0 Å². The summed E-state index contributed by atoms with van der Waals surface area (Å²) in [6.07, 6.45) is 19.4. The zero-order chi connectivity index (χ0) is 26.7. The topological polar surface area (TPSA) is 9.72 Å². The van der Waals surface area contributed by atoms with E-state index in [2.05, 4.69) is 93.9 Å². The molecule has 0 bridgehead atoms. The van der Waals surface area contributed by atoms with Gasteiger partial charge in [-0.25, -0.2) is 0 Å². The Morgan fingerprint density at radius 3 is 1.84 bits per heavy atom. The Balaban J connectivity index is 1.23. The molecule has 0 radical (unpaired) electrons. The molecule has 37 heavy (non-hydrogen) atoms. The minimum absolute atomic E-state index is 0.291. The summed E-state index contributed by atoms with van der Waals surface area (Å²) in [5.41, 5.74) is 2.48. The molecule has 3 aliphatic carbocycles. The molecule has 0 N–H and O–H groups in total. The van der Waals surface area contributed by atoms with Gasteiger partial charge in [-0.15, -0.1) is 0 Å². The Kier molecular flexibility index (Phi) is 9.38. The van der Waals surface area contributed by atoms with Crippen LogP contribution in [0.5, 0.6) is 0 Å². The molecule has 0 aliphatic heterocycles. The number of nitrogens with zero attached hydrogens (tertiary/aromatic N) is 3. The van der Waals surface area contributed by atoms with Gasteiger partial charge in [0, 0.05) is 41.9 Å². The van der Waals surface area contributed by atoms with Crippen molar-refractivity contribution in [2.45, 2.75) is 140 Å². The first kappa shape index (κ1) is 28.9. The molecule has 1 aromatic rings. The molecule has 3 nitrogen and oxygen atoms in total. The molecule has 1 unspecified atom stereocenters. The summed E-state index contributed by atoms with van der Waals surface area (Å²) in [4.78, 5) is 8.08. The van der Waals surface area contributed by atoms with Crippen LogP contribution in [0, 0.1) is 11.8 Å². The van der Waals surface area contributed by atoms with Crippen molar-refractivity contribution in [3.8, 4) is 0 Å². The smallest absolute Gasteiger partial charge is 0.0371 e. The molecule has 0 heterocycles. The molecule has 0 amide bonds. The number of para-hydroxylation sites is 1. The van der Waals surface area contributed by atoms with E-state index in [-0.39, 0.29) is 0 Å². The van der Waals surface area contributed by atoms with Gasteiger partial charge in [0.15, 0.2) is 0 Å². The molecule has 3 aliphatic rings. The number of hydrogen-bond donors (Lipinski definition) is 0. The lowest BCUT2D eigenvalue weighted by molar-refractivity contribution is 0.0151. The number of benzene rings is 1. The zero-order valence-corrected chi connectivity index (χ0v) is 25.6. The lowest BCUT2D eigenvalue weighted by Crippen LogP contribution is -2.53. The Morgan fingerprint density at radius 2 is 1.24 bits per heavy atom. The molecule has 0 saturated heterocycles. The second-order valence-corrected chi connectivity index (χ2v) is 14.4. The van der Waals surface area contributed by atoms with E-state index >= 15 is 0 Å². The first-order valence-electron chi connectivity index (χ1n) is 15.8. The lowest BCUT2D eigenvalue weighted by atomic mass is 9.73. The summed E-state index contributed by atoms with van der Waals surface area (Å²) in [6.45, 7) is 11.4. The molecule has 4 rings (SSSR count). The Bertz CT molecular complexity index is 813. The number of rotatable bonds is 9. The molecule has 210 valence electrons. The Labute approximate surface area is 230 Å². The average molecular weight is 510 g/mol. The van der Waals surface area contributed by atoms with Crippen molar-refractivity contribution >= 4 is 5.69 Å². The minimum atomic E-state index is 0.291. The van der Waals surface area contributed by atoms with E-state index in [1.807, 2.05) is 0 Å². The molecule has 3 heteroatoms. The fraction of sp³-hybridized carbons (Fsp3) is 0.824. The normalized spacial score (nSPS) is 33.4. The molecule has 3 saturated carbocycles. The fourth-order valence-electron chi connectivity index (χ4n) is 8.14. The minimum Gasteiger partial charge on any atom is -0.369 e. The van der Waals surface area contributed by atoms with E-state index in [1.54, 1.807) is 0 Å². The second-order valence-electron chi connectivity index (χ2n) is 14.4. The van der Waals surface area contributed by atoms with Crippen molar-refractivity contribution in [3.05, 3.63) is 30.3 Å². The van der Waals surface area contributed by atoms with Crippen LogP contribution in [0.3, 0.4) is 0 Å². The number of hydrogen-bond acceptors (Lipinski definition) is 3. The fourth-order valence-corrected chi connectivity index (χ4v) is 8.14. The predicted octanol–water partition coefficient (Wildman–Crippen LogP) is 8.39. The van der Waals surface area contributed by atoms with Crippen molar-refractivity contribution in [1.82, 2.24) is 9.80 Å². The maximum atomic E-state index is 2.79. The third-order valence-electron chi connectivity index (χ3n) is 11.9. The third-order valence-corrected chi connectivity index (χ3v) is 11.9. The molecule has 3 fully saturated rings. The summed E-state index contributed by atoms with van der Waals surface area (Å²) in [5.74, 6) is 1.76. The van der Waals surface area contributed by atoms with Gasteiger partial charge in [-0.2, -0.15) is 0 Å². The van der Waals surface area contributed by atoms with Gasteiger partial charge in [-0.1, -0.05) is 37.5 Å². The van der Waals surface area contributed by atoms with Crippen LogP contribution >= 0.6 is 0 Å². The molecule has 0 aromatic heterocycles. The summed E-state index contributed by atoms with van der Waals surface area (Å²) >= 11 is 0. The largest absolute Gasteiger partial charge is 0.369 e. The van der Waals surface area contributed by atoms with Gasteiger partial charge < -0.3 is 9.80 Å². The summed E-state index contributed by atoms with van der Waals surface area (Å²) in [6, 6.07) is 11.7. The maximum absolute atomic E-state index is 2.79. The molecule has 1 atom stereocenters. The van der Waals surface area contributed by atoms with Gasteiger partial charge in [-0.3, -0.25) is 4.90 Å². The van der Waals surface area contributed by atoms with Crippen LogP contribution in [0.4, 0.5) is 5.69 Å². The second kappa shape index (κ2) is 12.0. The highest BCUT2D eigenvalue weighted by Gasteiger charge is 2.40. The van der Waals surface area contributed by atoms with E-state index < -0.39 is 0 Å². The van der Waals surface area contributed by atoms with E-state index in [0.29, 0.717) is 22.7 Å². The van der Waals surface area contributed by atoms with Gasteiger partial charge >= 0.3 is 0 Å². The SMILES string of the molecule is CC(CC1CCC(C)(N(C)c2ccccc2)CC1)N(C)C1(C)CCC(CN(C)C2(C)CCCCC2)CC1. The maximum Gasteiger partial charge on any atom is 0.0371 e. The van der Waals surface area contributed by atoms with Crippen LogP contribution in [0.15, 0.2) is 30.3 Å². The van der Waals surface area contributed by atoms with Crippen LogP contribution in [0.2, 0.25) is 0 Å². The molecular weight excluding hydrogens is 450 g/mol. The molecule has 1 aromatic carbocycles. The van der Waals surface area contributed by atoms with Crippen LogP contribution < -0.4 is 4.90 Å². The van der Waals surface area contributed by atoms with Crippen molar-refractivity contribution in [2.24, 2.45) is 11.8 Å². The van der Waals surface area contributed by atoms with Gasteiger partial charge in [-0.05, 0) is 136 Å². The van der Waals surface area contributed by atoms with Gasteiger partial charge in [0.1, 0.15) is 0 Å². The summed E-state index contributed by atoms with van der Waals surface area (Å²) < 4.78 is 0. The van der Waals surface area contributed by atoms with Crippen molar-refractivity contribution in [1.29, 1.82) is 0 Å². The third kappa shape index (κ3) is 6.75. The number of anilines is 1. The van der Waals surface area contributed by atoms with Crippen molar-refractivity contribution in [3.63, 3.8) is 0 Å². The van der Waals surface area contributed by atoms with Gasteiger partial charge in [0.25, 0.3) is 0 Å². The van der Waals surface area contributed by atoms with Gasteiger partial charge in [0.2, 0.25) is 0 Å². The van der Waals surface area contributed by atoms with E-state index in [4.69, 9.17) is 0 Å². The molecule has 0 spiro atoms. The zero-order valence-electron chi connectivity index (χ0n) is 25.6. The highest BCUT2D eigenvalue weighted by Crippen LogP contribution is 2.42. The quantitative estimate of drug-likeness (QED) is 0.331. The van der Waals surface area contributed by atoms with Crippen LogP contribution in [-0.2, 0) is 0 Å². The monoisotopic (exact) mass is 509 g/mol. The first-order valence-corrected chi connectivity index (χ1v) is 15.8. The standard InChI is InChI=1S/C34H59N3/c1-28(26-29-16-22-34(4,23-17-29)37(7)31-14-10-8-11-15-31)36(6)33(3)24-18-30(19-25-33)27-35(5)32(2)20-12-9-13-21-32/h8,10-11,14-15,28-30H,9,12-13,16-27H2,1-7H3. The Hall–Kier alpha value is -1.06. The van der Waals surface area contributed by atoms with E-state index in [9.17, 15) is 0 Å². The highest BCUT2D eigenvalue weighted by molar-refractivity contribution is 5.47. The van der Waals surface area contributed by atoms with Crippen molar-refractivity contribution in [2.75, 3.05) is 32.6 Å². The summed E-state index contributed by atoms with van der Waals surface area (Å²) in [7, 11) is 7.16. The summed E-state index contributed by atoms with van der Waals surface area (Å²) in [5, 5.41) is 0. The van der Waals surface area contributed by atoms with Crippen LogP contribution in [-0.4, -0.2) is 60.1 Å². The average Bonchev–Trinajstić information content (AvgIpc) is 2.91. The van der Waals surface area contributed by atoms with Crippen LogP contribution in [0.25, 0.3) is 0 Å². The lowest BCUT2D eigenvalue weighted by Gasteiger charge is -2.50. The predicted molar refractivity (Wildman–Crippen MR) is 162 cm³/mol. The van der Waals surface area contributed by atoms with Crippen molar-refractivity contribution < 1.29 is 0 Å².